The van der Waals surface area contributed by atoms with Crippen molar-refractivity contribution in [1.82, 2.24) is 4.90 Å². The van der Waals surface area contributed by atoms with Gasteiger partial charge in [0.2, 0.25) is 5.91 Å². The van der Waals surface area contributed by atoms with Gasteiger partial charge in [0, 0.05) is 33.4 Å². The lowest BCUT2D eigenvalue weighted by Crippen LogP contribution is -2.50. The smallest absolute Gasteiger partial charge is 0.239 e. The van der Waals surface area contributed by atoms with Crippen molar-refractivity contribution in [3.05, 3.63) is 0 Å². The zero-order valence-electron chi connectivity index (χ0n) is 10.9. The minimum atomic E-state index is -0.449. The Hall–Kier alpha value is -0.650. The first-order valence-corrected chi connectivity index (χ1v) is 6.34. The van der Waals surface area contributed by atoms with E-state index in [9.17, 15) is 4.79 Å². The van der Waals surface area contributed by atoms with Crippen LogP contribution >= 0.6 is 0 Å². The molecule has 1 rings (SSSR count). The predicted octanol–water partition coefficient (Wildman–Crippen LogP) is 0.378. The van der Waals surface area contributed by atoms with Crippen LogP contribution < -0.4 is 5.73 Å². The van der Waals surface area contributed by atoms with Crippen LogP contribution in [0.1, 0.15) is 26.2 Å². The second kappa shape index (κ2) is 7.63. The van der Waals surface area contributed by atoms with E-state index in [0.29, 0.717) is 26.2 Å². The number of nitrogens with zero attached hydrogens (tertiary/aromatic N) is 1. The maximum atomic E-state index is 12.0. The summed E-state index contributed by atoms with van der Waals surface area (Å²) in [6.45, 7) is 4.67. The third-order valence-corrected chi connectivity index (χ3v) is 3.04. The number of hydrogen-bond acceptors (Lipinski definition) is 4. The molecule has 0 radical (unpaired) electrons. The van der Waals surface area contributed by atoms with E-state index in [1.165, 1.54) is 0 Å². The molecule has 0 saturated carbocycles. The molecule has 0 spiro atoms. The van der Waals surface area contributed by atoms with Crippen LogP contribution in [-0.4, -0.2) is 56.4 Å². The molecule has 2 N–H and O–H groups in total. The van der Waals surface area contributed by atoms with Gasteiger partial charge in [0.15, 0.2) is 0 Å². The zero-order valence-corrected chi connectivity index (χ0v) is 10.9. The molecule has 1 fully saturated rings. The van der Waals surface area contributed by atoms with Crippen molar-refractivity contribution in [1.29, 1.82) is 0 Å². The summed E-state index contributed by atoms with van der Waals surface area (Å²) in [7, 11) is 1.61. The Bertz CT molecular complexity index is 234. The SMILES string of the molecule is CCOC1CCCN(C(=O)C(N)CCOC)C1. The number of carbonyl (C=O) groups is 1. The quantitative estimate of drug-likeness (QED) is 0.733. The van der Waals surface area contributed by atoms with Crippen molar-refractivity contribution >= 4 is 5.91 Å². The van der Waals surface area contributed by atoms with Gasteiger partial charge in [-0.3, -0.25) is 4.79 Å². The molecule has 0 aromatic rings. The van der Waals surface area contributed by atoms with E-state index in [0.717, 1.165) is 19.4 Å². The Morgan fingerprint density at radius 1 is 1.59 bits per heavy atom. The average Bonchev–Trinajstić information content (AvgIpc) is 2.35. The highest BCUT2D eigenvalue weighted by atomic mass is 16.5. The minimum Gasteiger partial charge on any atom is -0.385 e. The van der Waals surface area contributed by atoms with Gasteiger partial charge in [-0.1, -0.05) is 0 Å². The maximum absolute atomic E-state index is 12.0. The van der Waals surface area contributed by atoms with Crippen molar-refractivity contribution in [2.24, 2.45) is 5.73 Å². The molecule has 2 atom stereocenters. The molecule has 0 aliphatic carbocycles. The molecule has 0 aromatic carbocycles. The van der Waals surface area contributed by atoms with Gasteiger partial charge < -0.3 is 20.1 Å². The number of carbonyl (C=O) groups excluding carboxylic acids is 1. The molecule has 1 amide bonds. The molecule has 2 unspecified atom stereocenters. The van der Waals surface area contributed by atoms with Crippen molar-refractivity contribution in [3.63, 3.8) is 0 Å². The molecule has 1 heterocycles. The maximum Gasteiger partial charge on any atom is 0.239 e. The molecule has 100 valence electrons. The summed E-state index contributed by atoms with van der Waals surface area (Å²) in [6.07, 6.45) is 2.77. The first kappa shape index (κ1) is 14.4. The van der Waals surface area contributed by atoms with Crippen LogP contribution in [0.25, 0.3) is 0 Å². The summed E-state index contributed by atoms with van der Waals surface area (Å²) >= 11 is 0. The summed E-state index contributed by atoms with van der Waals surface area (Å²) < 4.78 is 10.5. The normalized spacial score (nSPS) is 22.5. The lowest BCUT2D eigenvalue weighted by molar-refractivity contribution is -0.137. The van der Waals surface area contributed by atoms with Crippen molar-refractivity contribution < 1.29 is 14.3 Å². The van der Waals surface area contributed by atoms with Gasteiger partial charge in [0.1, 0.15) is 0 Å². The summed E-state index contributed by atoms with van der Waals surface area (Å²) in [5.74, 6) is 0.0199. The van der Waals surface area contributed by atoms with Crippen LogP contribution in [0.4, 0.5) is 0 Å². The molecular formula is C12H24N2O3. The second-order valence-electron chi connectivity index (χ2n) is 4.39. The number of likely N-dealkylation sites (tertiary alicyclic amines) is 1. The zero-order chi connectivity index (χ0) is 12.7. The Morgan fingerprint density at radius 3 is 3.00 bits per heavy atom. The minimum absolute atomic E-state index is 0.0199. The summed E-state index contributed by atoms with van der Waals surface area (Å²) in [4.78, 5) is 13.9. The van der Waals surface area contributed by atoms with E-state index in [4.69, 9.17) is 15.2 Å². The van der Waals surface area contributed by atoms with Crippen LogP contribution in [0.15, 0.2) is 0 Å². The highest BCUT2D eigenvalue weighted by molar-refractivity contribution is 5.81. The summed E-state index contributed by atoms with van der Waals surface area (Å²) in [6, 6.07) is -0.449. The first-order valence-electron chi connectivity index (χ1n) is 6.34. The highest BCUT2D eigenvalue weighted by Crippen LogP contribution is 2.14. The number of piperidine rings is 1. The van der Waals surface area contributed by atoms with E-state index in [1.807, 2.05) is 11.8 Å². The Kier molecular flexibility index (Phi) is 6.47. The van der Waals surface area contributed by atoms with Gasteiger partial charge in [-0.25, -0.2) is 0 Å². The Balaban J connectivity index is 2.39. The fourth-order valence-corrected chi connectivity index (χ4v) is 2.11. The average molecular weight is 244 g/mol. The molecule has 1 aliphatic heterocycles. The number of nitrogens with two attached hydrogens (primary N) is 1. The van der Waals surface area contributed by atoms with Crippen LogP contribution in [0.3, 0.4) is 0 Å². The number of hydrogen-bond donors (Lipinski definition) is 1. The standard InChI is InChI=1S/C12H24N2O3/c1-3-17-10-5-4-7-14(9-10)12(15)11(13)6-8-16-2/h10-11H,3-9,13H2,1-2H3. The molecular weight excluding hydrogens is 220 g/mol. The molecule has 5 nitrogen and oxygen atoms in total. The van der Waals surface area contributed by atoms with Gasteiger partial charge in [0.05, 0.1) is 12.1 Å². The van der Waals surface area contributed by atoms with E-state index in [2.05, 4.69) is 0 Å². The molecule has 5 heteroatoms. The van der Waals surface area contributed by atoms with Gasteiger partial charge in [-0.2, -0.15) is 0 Å². The lowest BCUT2D eigenvalue weighted by atomic mass is 10.1. The first-order chi connectivity index (χ1) is 8.19. The van der Waals surface area contributed by atoms with Crippen molar-refractivity contribution in [3.8, 4) is 0 Å². The van der Waals surface area contributed by atoms with E-state index in [-0.39, 0.29) is 12.0 Å². The van der Waals surface area contributed by atoms with Gasteiger partial charge >= 0.3 is 0 Å². The summed E-state index contributed by atoms with van der Waals surface area (Å²) in [5, 5.41) is 0. The second-order valence-corrected chi connectivity index (χ2v) is 4.39. The molecule has 0 aromatic heterocycles. The fourth-order valence-electron chi connectivity index (χ4n) is 2.11. The summed E-state index contributed by atoms with van der Waals surface area (Å²) in [5.41, 5.74) is 5.84. The number of ether oxygens (including phenoxy) is 2. The molecule has 0 bridgehead atoms. The van der Waals surface area contributed by atoms with Crippen molar-refractivity contribution in [2.45, 2.75) is 38.3 Å². The third kappa shape index (κ3) is 4.61. The third-order valence-electron chi connectivity index (χ3n) is 3.04. The van der Waals surface area contributed by atoms with Crippen LogP contribution in [0.2, 0.25) is 0 Å². The number of methoxy groups -OCH3 is 1. The highest BCUT2D eigenvalue weighted by Gasteiger charge is 2.26. The van der Waals surface area contributed by atoms with Crippen LogP contribution in [0.5, 0.6) is 0 Å². The van der Waals surface area contributed by atoms with E-state index < -0.39 is 6.04 Å². The Morgan fingerprint density at radius 2 is 2.35 bits per heavy atom. The molecule has 17 heavy (non-hydrogen) atoms. The topological polar surface area (TPSA) is 64.8 Å². The van der Waals surface area contributed by atoms with Gasteiger partial charge in [0.25, 0.3) is 0 Å². The Labute approximate surface area is 103 Å². The predicted molar refractivity (Wildman–Crippen MR) is 65.7 cm³/mol. The number of rotatable bonds is 6. The van der Waals surface area contributed by atoms with Crippen molar-refractivity contribution in [2.75, 3.05) is 33.4 Å². The molecule has 1 saturated heterocycles. The van der Waals surface area contributed by atoms with Gasteiger partial charge in [-0.05, 0) is 26.2 Å². The molecule has 1 aliphatic rings. The largest absolute Gasteiger partial charge is 0.385 e. The van der Waals surface area contributed by atoms with Gasteiger partial charge in [-0.15, -0.1) is 0 Å². The lowest BCUT2D eigenvalue weighted by Gasteiger charge is -2.34. The van der Waals surface area contributed by atoms with E-state index >= 15 is 0 Å². The monoisotopic (exact) mass is 244 g/mol. The number of amides is 1. The fraction of sp³-hybridized carbons (Fsp3) is 0.917. The van der Waals surface area contributed by atoms with Crippen LogP contribution in [0, 0.1) is 0 Å². The van der Waals surface area contributed by atoms with Crippen LogP contribution in [-0.2, 0) is 14.3 Å². The van der Waals surface area contributed by atoms with E-state index in [1.54, 1.807) is 7.11 Å².